The van der Waals surface area contributed by atoms with Crippen LogP contribution in [-0.2, 0) is 20.0 Å². The highest BCUT2D eigenvalue weighted by Gasteiger charge is 2.40. The first-order chi connectivity index (χ1) is 17.2. The minimum Gasteiger partial charge on any atom is -0.207 e. The lowest BCUT2D eigenvalue weighted by molar-refractivity contribution is 0.189. The summed E-state index contributed by atoms with van der Waals surface area (Å²) in [6, 6.07) is 12.7. The van der Waals surface area contributed by atoms with Gasteiger partial charge in [-0.1, -0.05) is 73.9 Å². The summed E-state index contributed by atoms with van der Waals surface area (Å²) in [7, 11) is -7.64. The molecule has 2 aliphatic carbocycles. The van der Waals surface area contributed by atoms with Crippen LogP contribution >= 0.6 is 0 Å². The second-order valence-electron chi connectivity index (χ2n) is 10.7. The summed E-state index contributed by atoms with van der Waals surface area (Å²) >= 11 is 0. The number of benzene rings is 2. The van der Waals surface area contributed by atoms with Crippen molar-refractivity contribution in [3.05, 3.63) is 59.7 Å². The molecule has 2 unspecified atom stereocenters. The van der Waals surface area contributed by atoms with Gasteiger partial charge in [-0.05, 0) is 75.6 Å². The zero-order chi connectivity index (χ0) is 25.8. The standard InChI is InChI=1S/C28H40N2O4S2/c1-21-13-17-25(18-14-21)35(31,32)29-27(23-9-5-3-6-10-23)28(24-11-7-4-8-12-24)30-36(33,34)26-19-15-22(2)16-20-26/h13-20,23-24,27-30H,3-12H2,1-2H3. The van der Waals surface area contributed by atoms with Crippen molar-refractivity contribution < 1.29 is 16.8 Å². The summed E-state index contributed by atoms with van der Waals surface area (Å²) in [4.78, 5) is 0.440. The number of rotatable bonds is 9. The van der Waals surface area contributed by atoms with Crippen molar-refractivity contribution in [2.75, 3.05) is 0 Å². The summed E-state index contributed by atoms with van der Waals surface area (Å²) in [5, 5.41) is 0. The fourth-order valence-corrected chi connectivity index (χ4v) is 8.50. The van der Waals surface area contributed by atoms with E-state index >= 15 is 0 Å². The average molecular weight is 533 g/mol. The minimum absolute atomic E-state index is 0.0895. The number of nitrogens with one attached hydrogen (secondary N) is 2. The molecule has 2 aliphatic rings. The maximum absolute atomic E-state index is 13.6. The molecule has 8 heteroatoms. The smallest absolute Gasteiger partial charge is 0.207 e. The molecule has 2 aromatic rings. The van der Waals surface area contributed by atoms with Crippen LogP contribution in [0.25, 0.3) is 0 Å². The van der Waals surface area contributed by atoms with E-state index in [2.05, 4.69) is 9.44 Å². The Hall–Kier alpha value is -1.74. The van der Waals surface area contributed by atoms with E-state index in [0.29, 0.717) is 0 Å². The SMILES string of the molecule is Cc1ccc(S(=O)(=O)NC(C2CCCCC2)C(NS(=O)(=O)c2ccc(C)cc2)C2CCCCC2)cc1. The molecule has 0 amide bonds. The van der Waals surface area contributed by atoms with Crippen LogP contribution in [0, 0.1) is 25.7 Å². The fourth-order valence-electron chi connectivity index (χ4n) is 5.84. The van der Waals surface area contributed by atoms with Crippen LogP contribution in [0.1, 0.15) is 75.3 Å². The number of sulfonamides is 2. The van der Waals surface area contributed by atoms with Gasteiger partial charge in [-0.25, -0.2) is 26.3 Å². The van der Waals surface area contributed by atoms with Crippen molar-refractivity contribution in [3.8, 4) is 0 Å². The number of hydrogen-bond donors (Lipinski definition) is 2. The largest absolute Gasteiger partial charge is 0.240 e. The lowest BCUT2D eigenvalue weighted by Gasteiger charge is -2.41. The second kappa shape index (κ2) is 11.8. The predicted molar refractivity (Wildman–Crippen MR) is 144 cm³/mol. The van der Waals surface area contributed by atoms with E-state index in [1.165, 1.54) is 0 Å². The Labute approximate surface area is 217 Å². The zero-order valence-electron chi connectivity index (χ0n) is 21.4. The van der Waals surface area contributed by atoms with Crippen molar-refractivity contribution in [2.45, 2.75) is 99.9 Å². The van der Waals surface area contributed by atoms with E-state index in [-0.39, 0.29) is 21.6 Å². The van der Waals surface area contributed by atoms with Gasteiger partial charge < -0.3 is 0 Å². The molecule has 0 spiro atoms. The van der Waals surface area contributed by atoms with Gasteiger partial charge in [-0.2, -0.15) is 0 Å². The van der Waals surface area contributed by atoms with E-state index < -0.39 is 32.1 Å². The van der Waals surface area contributed by atoms with Crippen molar-refractivity contribution >= 4 is 20.0 Å². The molecular weight excluding hydrogens is 492 g/mol. The normalized spacial score (nSPS) is 20.2. The first kappa shape index (κ1) is 27.3. The van der Waals surface area contributed by atoms with Gasteiger partial charge in [-0.3, -0.25) is 0 Å². The first-order valence-electron chi connectivity index (χ1n) is 13.3. The Balaban J connectivity index is 1.71. The highest BCUT2D eigenvalue weighted by atomic mass is 32.2. The number of hydrogen-bond acceptors (Lipinski definition) is 4. The maximum atomic E-state index is 13.6. The van der Waals surface area contributed by atoms with Crippen LogP contribution in [0.3, 0.4) is 0 Å². The van der Waals surface area contributed by atoms with E-state index in [9.17, 15) is 16.8 Å². The molecule has 4 rings (SSSR count). The monoisotopic (exact) mass is 532 g/mol. The van der Waals surface area contributed by atoms with E-state index in [4.69, 9.17) is 0 Å². The summed E-state index contributed by atoms with van der Waals surface area (Å²) in [6.07, 6.45) is 10.0. The molecule has 0 aromatic heterocycles. The van der Waals surface area contributed by atoms with Crippen LogP contribution in [0.4, 0.5) is 0 Å². The molecule has 0 radical (unpaired) electrons. The van der Waals surface area contributed by atoms with Crippen molar-refractivity contribution in [3.63, 3.8) is 0 Å². The fraction of sp³-hybridized carbons (Fsp3) is 0.571. The van der Waals surface area contributed by atoms with Crippen LogP contribution in [0.5, 0.6) is 0 Å². The van der Waals surface area contributed by atoms with Crippen LogP contribution < -0.4 is 9.44 Å². The Morgan fingerprint density at radius 3 is 1.17 bits per heavy atom. The molecule has 2 saturated carbocycles. The molecule has 36 heavy (non-hydrogen) atoms. The third-order valence-electron chi connectivity index (χ3n) is 7.95. The van der Waals surface area contributed by atoms with Gasteiger partial charge in [0.1, 0.15) is 0 Å². The first-order valence-corrected chi connectivity index (χ1v) is 16.3. The Bertz CT molecular complexity index is 1100. The average Bonchev–Trinajstić information content (AvgIpc) is 2.88. The number of aryl methyl sites for hydroxylation is 2. The van der Waals surface area contributed by atoms with Gasteiger partial charge in [0.25, 0.3) is 0 Å². The molecule has 2 aromatic carbocycles. The van der Waals surface area contributed by atoms with Crippen molar-refractivity contribution in [1.29, 1.82) is 0 Å². The van der Waals surface area contributed by atoms with Gasteiger partial charge in [0.15, 0.2) is 0 Å². The molecule has 2 atom stereocenters. The molecular formula is C28H40N2O4S2. The molecule has 0 heterocycles. The zero-order valence-corrected chi connectivity index (χ0v) is 23.1. The van der Waals surface area contributed by atoms with Crippen LogP contribution in [-0.4, -0.2) is 28.9 Å². The third kappa shape index (κ3) is 6.77. The Morgan fingerprint density at radius 1 is 0.556 bits per heavy atom. The van der Waals surface area contributed by atoms with Gasteiger partial charge in [0.05, 0.1) is 9.79 Å². The van der Waals surface area contributed by atoms with Crippen LogP contribution in [0.2, 0.25) is 0 Å². The quantitative estimate of drug-likeness (QED) is 0.449. The van der Waals surface area contributed by atoms with Gasteiger partial charge in [0, 0.05) is 12.1 Å². The Morgan fingerprint density at radius 2 is 0.861 bits per heavy atom. The van der Waals surface area contributed by atoms with E-state index in [1.54, 1.807) is 48.5 Å². The highest BCUT2D eigenvalue weighted by Crippen LogP contribution is 2.35. The van der Waals surface area contributed by atoms with Crippen molar-refractivity contribution in [1.82, 2.24) is 9.44 Å². The minimum atomic E-state index is -3.82. The molecule has 0 aliphatic heterocycles. The second-order valence-corrected chi connectivity index (χ2v) is 14.1. The van der Waals surface area contributed by atoms with Gasteiger partial charge in [0.2, 0.25) is 20.0 Å². The topological polar surface area (TPSA) is 92.3 Å². The van der Waals surface area contributed by atoms with E-state index in [0.717, 1.165) is 75.3 Å². The van der Waals surface area contributed by atoms with Gasteiger partial charge >= 0.3 is 0 Å². The molecule has 0 saturated heterocycles. The summed E-state index contributed by atoms with van der Waals surface area (Å²) < 4.78 is 60.3. The Kier molecular flexibility index (Phi) is 8.92. The molecule has 6 nitrogen and oxygen atoms in total. The molecule has 2 N–H and O–H groups in total. The van der Waals surface area contributed by atoms with Gasteiger partial charge in [-0.15, -0.1) is 0 Å². The lowest BCUT2D eigenvalue weighted by Crippen LogP contribution is -2.58. The lowest BCUT2D eigenvalue weighted by atomic mass is 9.75. The summed E-state index contributed by atoms with van der Waals surface area (Å²) in [5.74, 6) is 0.179. The summed E-state index contributed by atoms with van der Waals surface area (Å²) in [5.41, 5.74) is 1.98. The highest BCUT2D eigenvalue weighted by molar-refractivity contribution is 7.90. The third-order valence-corrected chi connectivity index (χ3v) is 10.9. The summed E-state index contributed by atoms with van der Waals surface area (Å²) in [6.45, 7) is 3.85. The van der Waals surface area contributed by atoms with Crippen LogP contribution in [0.15, 0.2) is 58.3 Å². The predicted octanol–water partition coefficient (Wildman–Crippen LogP) is 5.46. The molecule has 2 fully saturated rings. The maximum Gasteiger partial charge on any atom is 0.240 e. The molecule has 198 valence electrons. The van der Waals surface area contributed by atoms with Crippen molar-refractivity contribution in [2.24, 2.45) is 11.8 Å². The molecule has 0 bridgehead atoms. The van der Waals surface area contributed by atoms with E-state index in [1.807, 2.05) is 13.8 Å².